The molecule has 1 aliphatic carbocycles. The number of methoxy groups -OCH3 is 1. The summed E-state index contributed by atoms with van der Waals surface area (Å²) in [4.78, 5) is 53.3. The van der Waals surface area contributed by atoms with Crippen molar-refractivity contribution in [3.05, 3.63) is 68.9 Å². The Morgan fingerprint density at radius 1 is 1.23 bits per heavy atom. The average molecular weight is 480 g/mol. The van der Waals surface area contributed by atoms with Crippen LogP contribution in [0.1, 0.15) is 52.0 Å². The van der Waals surface area contributed by atoms with Gasteiger partial charge in [-0.2, -0.15) is 0 Å². The van der Waals surface area contributed by atoms with E-state index in [0.29, 0.717) is 35.2 Å². The molecule has 0 bridgehead atoms. The minimum Gasteiger partial charge on any atom is -0.468 e. The number of nitrogens with one attached hydrogen (secondary N) is 1. The van der Waals surface area contributed by atoms with Gasteiger partial charge in [-0.05, 0) is 44.7 Å². The molecule has 1 aromatic heterocycles. The number of benzene rings is 1. The first-order chi connectivity index (χ1) is 16.7. The number of carbonyl (C=O) groups excluding carboxylic acids is 3. The van der Waals surface area contributed by atoms with Crippen molar-refractivity contribution in [1.82, 2.24) is 5.32 Å². The Bertz CT molecular complexity index is 1330. The third-order valence-corrected chi connectivity index (χ3v) is 6.86. The molecule has 0 radical (unpaired) electrons. The Labute approximate surface area is 203 Å². The van der Waals surface area contributed by atoms with Crippen molar-refractivity contribution in [3.8, 4) is 0 Å². The molecule has 35 heavy (non-hydrogen) atoms. The van der Waals surface area contributed by atoms with Crippen LogP contribution < -0.4 is 10.7 Å². The predicted molar refractivity (Wildman–Crippen MR) is 128 cm³/mol. The van der Waals surface area contributed by atoms with Crippen LogP contribution >= 0.6 is 0 Å². The first-order valence-electron chi connectivity index (χ1n) is 11.7. The second kappa shape index (κ2) is 9.52. The van der Waals surface area contributed by atoms with Crippen molar-refractivity contribution < 1.29 is 28.3 Å². The number of dihydropyridines is 1. The lowest BCUT2D eigenvalue weighted by Gasteiger charge is -2.38. The van der Waals surface area contributed by atoms with E-state index in [9.17, 15) is 19.2 Å². The number of fused-ring (bicyclic) bond motifs is 1. The number of hydrogen-bond donors (Lipinski definition) is 1. The van der Waals surface area contributed by atoms with E-state index in [4.69, 9.17) is 13.9 Å². The number of allylic oxidation sites excluding steroid dienone is 3. The van der Waals surface area contributed by atoms with E-state index in [1.807, 2.05) is 6.92 Å². The first kappa shape index (κ1) is 24.4. The van der Waals surface area contributed by atoms with E-state index in [0.717, 1.165) is 0 Å². The molecule has 1 aromatic carbocycles. The molecular weight excluding hydrogens is 450 g/mol. The summed E-state index contributed by atoms with van der Waals surface area (Å²) in [7, 11) is 1.24. The summed E-state index contributed by atoms with van der Waals surface area (Å²) in [5.41, 5.74) is 1.60. The molecule has 0 saturated carbocycles. The summed E-state index contributed by atoms with van der Waals surface area (Å²) in [5, 5.41) is 3.52. The van der Waals surface area contributed by atoms with Crippen LogP contribution in [-0.2, 0) is 23.9 Å². The third kappa shape index (κ3) is 4.17. The number of rotatable bonds is 5. The van der Waals surface area contributed by atoms with E-state index in [1.54, 1.807) is 45.0 Å². The van der Waals surface area contributed by atoms with Gasteiger partial charge in [-0.1, -0.05) is 26.0 Å². The van der Waals surface area contributed by atoms with E-state index in [-0.39, 0.29) is 34.2 Å². The minimum atomic E-state index is -1.05. The fourth-order valence-corrected chi connectivity index (χ4v) is 4.88. The number of Topliss-reactive ketones (excluding diaryl/α,β-unsaturated/α-hetero) is 1. The molecule has 4 rings (SSSR count). The molecule has 0 fully saturated rings. The van der Waals surface area contributed by atoms with Crippen LogP contribution in [0.5, 0.6) is 0 Å². The van der Waals surface area contributed by atoms with Gasteiger partial charge in [0.25, 0.3) is 0 Å². The van der Waals surface area contributed by atoms with E-state index < -0.39 is 29.6 Å². The molecule has 1 aliphatic heterocycles. The number of ketones is 1. The smallest absolute Gasteiger partial charge is 0.337 e. The van der Waals surface area contributed by atoms with Crippen LogP contribution in [0.15, 0.2) is 62.3 Å². The number of esters is 2. The molecular formula is C27H29NO7. The van der Waals surface area contributed by atoms with Gasteiger partial charge in [0.1, 0.15) is 11.5 Å². The van der Waals surface area contributed by atoms with E-state index in [2.05, 4.69) is 5.32 Å². The molecule has 2 aromatic rings. The van der Waals surface area contributed by atoms with Gasteiger partial charge >= 0.3 is 11.9 Å². The summed E-state index contributed by atoms with van der Waals surface area (Å²) in [6, 6.07) is 6.78. The Morgan fingerprint density at radius 3 is 2.63 bits per heavy atom. The number of ether oxygens (including phenoxy) is 2. The standard InChI is InChI=1S/C27H29NO7/c1-6-14(3)35-27(32)21-15(4)28-18-11-13(2)20(26(31)33-5)25(30)23(18)22(21)17-12-34-19-10-8-7-9-16(19)24(17)29/h7-10,12-14,20,22,28H,6,11H2,1-5H3/t13-,14-,20+,22+/m0/s1. The maximum Gasteiger partial charge on any atom is 0.337 e. The van der Waals surface area contributed by atoms with Crippen molar-refractivity contribution >= 4 is 28.7 Å². The maximum atomic E-state index is 13.8. The molecule has 2 heterocycles. The van der Waals surface area contributed by atoms with Gasteiger partial charge in [0.05, 0.1) is 36.4 Å². The van der Waals surface area contributed by atoms with Gasteiger partial charge in [-0.15, -0.1) is 0 Å². The molecule has 2 aliphatic rings. The van der Waals surface area contributed by atoms with Crippen LogP contribution in [-0.4, -0.2) is 30.9 Å². The van der Waals surface area contributed by atoms with Crippen LogP contribution in [0.2, 0.25) is 0 Å². The summed E-state index contributed by atoms with van der Waals surface area (Å²) < 4.78 is 16.3. The normalized spacial score (nSPS) is 23.0. The van der Waals surface area contributed by atoms with Gasteiger partial charge in [0, 0.05) is 22.5 Å². The Balaban J connectivity index is 1.95. The molecule has 8 heteroatoms. The largest absolute Gasteiger partial charge is 0.468 e. The van der Waals surface area contributed by atoms with Crippen molar-refractivity contribution in [2.45, 2.75) is 52.6 Å². The zero-order chi connectivity index (χ0) is 25.4. The molecule has 0 saturated heterocycles. The lowest BCUT2D eigenvalue weighted by molar-refractivity contribution is -0.151. The fraction of sp³-hybridized carbons (Fsp3) is 0.407. The van der Waals surface area contributed by atoms with Crippen LogP contribution in [0.25, 0.3) is 11.0 Å². The topological polar surface area (TPSA) is 112 Å². The number of para-hydroxylation sites is 1. The molecule has 0 amide bonds. The van der Waals surface area contributed by atoms with Crippen molar-refractivity contribution in [2.75, 3.05) is 7.11 Å². The third-order valence-electron chi connectivity index (χ3n) is 6.86. The summed E-state index contributed by atoms with van der Waals surface area (Å²) in [5.74, 6) is -4.16. The highest BCUT2D eigenvalue weighted by Gasteiger charge is 2.48. The number of carbonyl (C=O) groups is 3. The molecule has 184 valence electrons. The van der Waals surface area contributed by atoms with Gasteiger partial charge < -0.3 is 19.2 Å². The molecule has 8 nitrogen and oxygen atoms in total. The Kier molecular flexibility index (Phi) is 6.65. The second-order valence-corrected chi connectivity index (χ2v) is 9.18. The lowest BCUT2D eigenvalue weighted by atomic mass is 9.69. The second-order valence-electron chi connectivity index (χ2n) is 9.18. The summed E-state index contributed by atoms with van der Waals surface area (Å²) >= 11 is 0. The summed E-state index contributed by atoms with van der Waals surface area (Å²) in [6.45, 7) is 7.18. The SMILES string of the molecule is CC[C@H](C)OC(=O)C1=C(C)NC2=C(C(=O)[C@H](C(=O)OC)[C@@H](C)C2)[C@@H]1c1coc2ccccc2c1=O. The molecule has 1 N–H and O–H groups in total. The van der Waals surface area contributed by atoms with Gasteiger partial charge in [0.15, 0.2) is 11.2 Å². The average Bonchev–Trinajstić information content (AvgIpc) is 2.83. The van der Waals surface area contributed by atoms with Crippen molar-refractivity contribution in [3.63, 3.8) is 0 Å². The molecule has 0 spiro atoms. The van der Waals surface area contributed by atoms with Crippen molar-refractivity contribution in [1.29, 1.82) is 0 Å². The number of hydrogen-bond acceptors (Lipinski definition) is 8. The quantitative estimate of drug-likeness (QED) is 0.510. The van der Waals surface area contributed by atoms with Crippen LogP contribution in [0, 0.1) is 11.8 Å². The predicted octanol–water partition coefficient (Wildman–Crippen LogP) is 3.75. The van der Waals surface area contributed by atoms with Crippen molar-refractivity contribution in [2.24, 2.45) is 11.8 Å². The zero-order valence-corrected chi connectivity index (χ0v) is 20.5. The van der Waals surface area contributed by atoms with Crippen LogP contribution in [0.3, 0.4) is 0 Å². The highest BCUT2D eigenvalue weighted by atomic mass is 16.5. The van der Waals surface area contributed by atoms with Gasteiger partial charge in [-0.25, -0.2) is 4.79 Å². The lowest BCUT2D eigenvalue weighted by Crippen LogP contribution is -2.44. The fourth-order valence-electron chi connectivity index (χ4n) is 4.88. The Morgan fingerprint density at radius 2 is 1.94 bits per heavy atom. The Hall–Kier alpha value is -3.68. The van der Waals surface area contributed by atoms with E-state index in [1.165, 1.54) is 13.4 Å². The monoisotopic (exact) mass is 479 g/mol. The highest BCUT2D eigenvalue weighted by molar-refractivity contribution is 6.12. The molecule has 0 unspecified atom stereocenters. The maximum absolute atomic E-state index is 13.8. The highest BCUT2D eigenvalue weighted by Crippen LogP contribution is 2.45. The van der Waals surface area contributed by atoms with Crippen LogP contribution in [0.4, 0.5) is 0 Å². The summed E-state index contributed by atoms with van der Waals surface area (Å²) in [6.07, 6.45) is 1.91. The van der Waals surface area contributed by atoms with Gasteiger partial charge in [0.2, 0.25) is 0 Å². The molecule has 4 atom stereocenters. The minimum absolute atomic E-state index is 0.139. The van der Waals surface area contributed by atoms with E-state index >= 15 is 0 Å². The zero-order valence-electron chi connectivity index (χ0n) is 20.5. The first-order valence-corrected chi connectivity index (χ1v) is 11.7. The van der Waals surface area contributed by atoms with Gasteiger partial charge in [-0.3, -0.25) is 14.4 Å².